The number of hydrogen-bond donors (Lipinski definition) is 2. The second kappa shape index (κ2) is 8.35. The predicted octanol–water partition coefficient (Wildman–Crippen LogP) is 2.89. The van der Waals surface area contributed by atoms with Gasteiger partial charge in [-0.05, 0) is 24.8 Å². The Morgan fingerprint density at radius 3 is 2.63 bits per heavy atom. The van der Waals surface area contributed by atoms with Crippen molar-refractivity contribution in [2.24, 2.45) is 0 Å². The van der Waals surface area contributed by atoms with Gasteiger partial charge in [0.15, 0.2) is 5.15 Å². The van der Waals surface area contributed by atoms with E-state index < -0.39 is 11.6 Å². The Balaban J connectivity index is 1.87. The Kier molecular flexibility index (Phi) is 5.91. The van der Waals surface area contributed by atoms with Crippen LogP contribution in [0.2, 0.25) is 5.15 Å². The van der Waals surface area contributed by atoms with E-state index in [1.807, 2.05) is 30.3 Å². The van der Waals surface area contributed by atoms with E-state index in [0.29, 0.717) is 25.1 Å². The molecule has 3 rings (SSSR count). The Labute approximate surface area is 162 Å². The third-order valence-corrected chi connectivity index (χ3v) is 5.19. The number of amides is 2. The third kappa shape index (κ3) is 4.19. The van der Waals surface area contributed by atoms with Gasteiger partial charge in [0.25, 0.3) is 0 Å². The van der Waals surface area contributed by atoms with Crippen LogP contribution in [0.25, 0.3) is 0 Å². The van der Waals surface area contributed by atoms with Gasteiger partial charge in [-0.15, -0.1) is 0 Å². The SMILES string of the molecule is O=C(O)N1CCCC[C@]1(Cc1ccccc1)C(=O)NCc1nccnc1Cl. The van der Waals surface area contributed by atoms with Crippen LogP contribution in [0.15, 0.2) is 42.7 Å². The van der Waals surface area contributed by atoms with Crippen molar-refractivity contribution in [3.8, 4) is 0 Å². The van der Waals surface area contributed by atoms with Gasteiger partial charge >= 0.3 is 6.09 Å². The number of carbonyl (C=O) groups excluding carboxylic acids is 1. The summed E-state index contributed by atoms with van der Waals surface area (Å²) in [6.07, 6.45) is 4.20. The Morgan fingerprint density at radius 2 is 1.93 bits per heavy atom. The van der Waals surface area contributed by atoms with Gasteiger partial charge < -0.3 is 10.4 Å². The van der Waals surface area contributed by atoms with Crippen LogP contribution >= 0.6 is 11.6 Å². The van der Waals surface area contributed by atoms with Gasteiger partial charge in [0.2, 0.25) is 5.91 Å². The van der Waals surface area contributed by atoms with E-state index in [4.69, 9.17) is 11.6 Å². The lowest BCUT2D eigenvalue weighted by Gasteiger charge is -2.44. The molecule has 1 aliphatic rings. The van der Waals surface area contributed by atoms with Crippen LogP contribution in [0.3, 0.4) is 0 Å². The summed E-state index contributed by atoms with van der Waals surface area (Å²) in [6, 6.07) is 9.47. The zero-order valence-electron chi connectivity index (χ0n) is 14.8. The minimum absolute atomic E-state index is 0.0928. The van der Waals surface area contributed by atoms with E-state index >= 15 is 0 Å². The van der Waals surface area contributed by atoms with Crippen molar-refractivity contribution in [1.29, 1.82) is 0 Å². The lowest BCUT2D eigenvalue weighted by atomic mass is 9.80. The summed E-state index contributed by atoms with van der Waals surface area (Å²) in [4.78, 5) is 34.4. The fourth-order valence-corrected chi connectivity index (χ4v) is 3.72. The van der Waals surface area contributed by atoms with Crippen molar-refractivity contribution in [2.45, 2.75) is 37.8 Å². The second-order valence-electron chi connectivity index (χ2n) is 6.56. The van der Waals surface area contributed by atoms with Gasteiger partial charge in [-0.3, -0.25) is 14.7 Å². The molecule has 1 atom stereocenters. The van der Waals surface area contributed by atoms with Crippen molar-refractivity contribution < 1.29 is 14.7 Å². The first kappa shape index (κ1) is 19.1. The van der Waals surface area contributed by atoms with E-state index in [1.165, 1.54) is 17.3 Å². The molecule has 0 radical (unpaired) electrons. The monoisotopic (exact) mass is 388 g/mol. The minimum Gasteiger partial charge on any atom is -0.465 e. The number of carbonyl (C=O) groups is 2. The molecule has 1 saturated heterocycles. The Hall–Kier alpha value is -2.67. The van der Waals surface area contributed by atoms with E-state index in [9.17, 15) is 14.7 Å². The van der Waals surface area contributed by atoms with Crippen LogP contribution in [0.1, 0.15) is 30.5 Å². The Morgan fingerprint density at radius 1 is 1.19 bits per heavy atom. The predicted molar refractivity (Wildman–Crippen MR) is 100 cm³/mol. The van der Waals surface area contributed by atoms with Crippen molar-refractivity contribution in [2.75, 3.05) is 6.54 Å². The molecule has 0 spiro atoms. The summed E-state index contributed by atoms with van der Waals surface area (Å²) in [7, 11) is 0. The Bertz CT molecular complexity index is 818. The standard InChI is InChI=1S/C19H21ClN4O3/c20-16-15(21-9-10-22-16)13-23-17(25)19(12-14-6-2-1-3-7-14)8-4-5-11-24(19)18(26)27/h1-3,6-7,9-10H,4-5,8,11-13H2,(H,23,25)(H,26,27)/t19-/m0/s1. The molecule has 2 heterocycles. The number of nitrogens with one attached hydrogen (secondary N) is 1. The fraction of sp³-hybridized carbons (Fsp3) is 0.368. The molecule has 27 heavy (non-hydrogen) atoms. The molecule has 1 aliphatic heterocycles. The summed E-state index contributed by atoms with van der Waals surface area (Å²) in [5.74, 6) is -0.338. The molecule has 7 nitrogen and oxygen atoms in total. The smallest absolute Gasteiger partial charge is 0.408 e. The van der Waals surface area contributed by atoms with Crippen molar-refractivity contribution in [3.05, 3.63) is 59.1 Å². The molecule has 2 amide bonds. The first-order valence-corrected chi connectivity index (χ1v) is 9.19. The first-order valence-electron chi connectivity index (χ1n) is 8.81. The average Bonchev–Trinajstić information content (AvgIpc) is 2.68. The van der Waals surface area contributed by atoms with Crippen molar-refractivity contribution in [1.82, 2.24) is 20.2 Å². The van der Waals surface area contributed by atoms with Crippen LogP contribution in [0.4, 0.5) is 4.79 Å². The highest BCUT2D eigenvalue weighted by molar-refractivity contribution is 6.30. The summed E-state index contributed by atoms with van der Waals surface area (Å²) in [5, 5.41) is 12.8. The van der Waals surface area contributed by atoms with Gasteiger partial charge in [0, 0.05) is 25.4 Å². The number of halogens is 1. The zero-order valence-corrected chi connectivity index (χ0v) is 15.5. The van der Waals surface area contributed by atoms with E-state index in [-0.39, 0.29) is 17.6 Å². The van der Waals surface area contributed by atoms with Crippen LogP contribution < -0.4 is 5.32 Å². The molecule has 0 bridgehead atoms. The van der Waals surface area contributed by atoms with Gasteiger partial charge in [-0.1, -0.05) is 41.9 Å². The fourth-order valence-electron chi connectivity index (χ4n) is 3.55. The number of rotatable bonds is 5. The lowest BCUT2D eigenvalue weighted by Crippen LogP contribution is -2.63. The molecule has 1 aromatic carbocycles. The van der Waals surface area contributed by atoms with Crippen LogP contribution in [-0.4, -0.2) is 44.1 Å². The highest BCUT2D eigenvalue weighted by atomic mass is 35.5. The number of benzene rings is 1. The number of hydrogen-bond acceptors (Lipinski definition) is 4. The number of aromatic nitrogens is 2. The van der Waals surface area contributed by atoms with E-state index in [1.54, 1.807) is 0 Å². The molecular weight excluding hydrogens is 368 g/mol. The number of nitrogens with zero attached hydrogens (tertiary/aromatic N) is 3. The largest absolute Gasteiger partial charge is 0.465 e. The van der Waals surface area contributed by atoms with Gasteiger partial charge in [-0.2, -0.15) is 0 Å². The van der Waals surface area contributed by atoms with Crippen LogP contribution in [-0.2, 0) is 17.8 Å². The van der Waals surface area contributed by atoms with Crippen LogP contribution in [0, 0.1) is 0 Å². The van der Waals surface area contributed by atoms with E-state index in [2.05, 4.69) is 15.3 Å². The van der Waals surface area contributed by atoms with Crippen molar-refractivity contribution in [3.63, 3.8) is 0 Å². The molecule has 1 aromatic heterocycles. The molecule has 8 heteroatoms. The maximum absolute atomic E-state index is 13.2. The summed E-state index contributed by atoms with van der Waals surface area (Å²) in [6.45, 7) is 0.428. The maximum Gasteiger partial charge on any atom is 0.408 e. The second-order valence-corrected chi connectivity index (χ2v) is 6.92. The van der Waals surface area contributed by atoms with Crippen molar-refractivity contribution >= 4 is 23.6 Å². The van der Waals surface area contributed by atoms with Gasteiger partial charge in [-0.25, -0.2) is 9.78 Å². The van der Waals surface area contributed by atoms with Gasteiger partial charge in [0.1, 0.15) is 5.54 Å². The molecule has 0 unspecified atom stereocenters. The van der Waals surface area contributed by atoms with Crippen LogP contribution in [0.5, 0.6) is 0 Å². The van der Waals surface area contributed by atoms with E-state index in [0.717, 1.165) is 18.4 Å². The summed E-state index contributed by atoms with van der Waals surface area (Å²) >= 11 is 6.01. The molecular formula is C19H21ClN4O3. The third-order valence-electron chi connectivity index (χ3n) is 4.87. The highest BCUT2D eigenvalue weighted by Crippen LogP contribution is 2.32. The molecule has 2 N–H and O–H groups in total. The number of carboxylic acid groups (broad SMARTS) is 1. The zero-order chi connectivity index (χ0) is 19.3. The maximum atomic E-state index is 13.2. The minimum atomic E-state index is -1.15. The molecule has 0 aliphatic carbocycles. The number of likely N-dealkylation sites (tertiary alicyclic amines) is 1. The molecule has 2 aromatic rings. The molecule has 0 saturated carbocycles. The molecule has 142 valence electrons. The molecule has 1 fully saturated rings. The topological polar surface area (TPSA) is 95.4 Å². The first-order chi connectivity index (χ1) is 13.0. The quantitative estimate of drug-likeness (QED) is 0.821. The summed E-state index contributed by atoms with van der Waals surface area (Å²) in [5.41, 5.74) is 0.207. The normalized spacial score (nSPS) is 19.5. The highest BCUT2D eigenvalue weighted by Gasteiger charge is 2.47. The summed E-state index contributed by atoms with van der Waals surface area (Å²) < 4.78 is 0. The lowest BCUT2D eigenvalue weighted by molar-refractivity contribution is -0.134. The number of piperidine rings is 1. The van der Waals surface area contributed by atoms with Gasteiger partial charge in [0.05, 0.1) is 12.2 Å². The average molecular weight is 389 g/mol.